The smallest absolute Gasteiger partial charge is 0.0125 e. The van der Waals surface area contributed by atoms with Gasteiger partial charge in [-0.05, 0) is 70.9 Å². The highest BCUT2D eigenvalue weighted by molar-refractivity contribution is 4.91. The molecule has 0 amide bonds. The zero-order chi connectivity index (χ0) is 11.8. The number of rotatable bonds is 1. The van der Waals surface area contributed by atoms with Crippen molar-refractivity contribution < 1.29 is 0 Å². The molecule has 0 radical (unpaired) electrons. The van der Waals surface area contributed by atoms with Crippen molar-refractivity contribution in [3.63, 3.8) is 0 Å². The van der Waals surface area contributed by atoms with Gasteiger partial charge in [0.2, 0.25) is 0 Å². The number of hydrogen-bond acceptors (Lipinski definition) is 1. The zero-order valence-electron chi connectivity index (χ0n) is 11.7. The predicted octanol–water partition coefficient (Wildman–Crippen LogP) is 4.08. The van der Waals surface area contributed by atoms with E-state index in [0.29, 0.717) is 11.0 Å². The van der Waals surface area contributed by atoms with Crippen molar-refractivity contribution >= 4 is 0 Å². The summed E-state index contributed by atoms with van der Waals surface area (Å²) in [6, 6.07) is 0. The van der Waals surface area contributed by atoms with E-state index >= 15 is 0 Å². The summed E-state index contributed by atoms with van der Waals surface area (Å²) in [7, 11) is 0. The summed E-state index contributed by atoms with van der Waals surface area (Å²) in [5, 5.41) is 0. The lowest BCUT2D eigenvalue weighted by molar-refractivity contribution is 0.0428. The first-order valence-electron chi connectivity index (χ1n) is 7.17. The minimum absolute atomic E-state index is 0.377. The van der Waals surface area contributed by atoms with Gasteiger partial charge in [-0.25, -0.2) is 0 Å². The largest absolute Gasteiger partial charge is 0.298 e. The molecule has 0 N–H and O–H groups in total. The molecule has 1 aliphatic heterocycles. The summed E-state index contributed by atoms with van der Waals surface area (Å²) in [5.41, 5.74) is 1.07. The fourth-order valence-corrected chi connectivity index (χ4v) is 3.84. The summed E-state index contributed by atoms with van der Waals surface area (Å²) >= 11 is 0. The Labute approximate surface area is 102 Å². The average Bonchev–Trinajstić information content (AvgIpc) is 2.66. The predicted molar refractivity (Wildman–Crippen MR) is 70.6 cm³/mol. The second-order valence-corrected chi connectivity index (χ2v) is 7.29. The van der Waals surface area contributed by atoms with Crippen LogP contribution in [-0.4, -0.2) is 23.5 Å². The molecule has 0 aromatic heterocycles. The van der Waals surface area contributed by atoms with Crippen molar-refractivity contribution in [1.82, 2.24) is 4.90 Å². The highest BCUT2D eigenvalue weighted by Crippen LogP contribution is 2.48. The van der Waals surface area contributed by atoms with Gasteiger partial charge in [0, 0.05) is 5.54 Å². The molecule has 0 unspecified atom stereocenters. The molecule has 1 saturated heterocycles. The minimum Gasteiger partial charge on any atom is -0.298 e. The molecule has 1 heteroatoms. The molecule has 2 rings (SSSR count). The molecule has 0 aromatic rings. The quantitative estimate of drug-likeness (QED) is 0.647. The molecule has 1 nitrogen and oxygen atoms in total. The highest BCUT2D eigenvalue weighted by atomic mass is 15.2. The van der Waals surface area contributed by atoms with Gasteiger partial charge in [0.05, 0.1) is 0 Å². The summed E-state index contributed by atoms with van der Waals surface area (Å²) < 4.78 is 0. The molecule has 2 aliphatic rings. The third-order valence-corrected chi connectivity index (χ3v) is 5.18. The monoisotopic (exact) mass is 223 g/mol. The molecule has 94 valence electrons. The summed E-state index contributed by atoms with van der Waals surface area (Å²) in [6.45, 7) is 12.3. The van der Waals surface area contributed by atoms with E-state index in [-0.39, 0.29) is 0 Å². The van der Waals surface area contributed by atoms with Gasteiger partial charge in [0.25, 0.3) is 0 Å². The van der Waals surface area contributed by atoms with Crippen LogP contribution in [0.4, 0.5) is 0 Å². The van der Waals surface area contributed by atoms with Crippen LogP contribution in [-0.2, 0) is 0 Å². The molecule has 0 spiro atoms. The molecule has 2 fully saturated rings. The highest BCUT2D eigenvalue weighted by Gasteiger charge is 2.39. The maximum absolute atomic E-state index is 2.67. The van der Waals surface area contributed by atoms with Crippen LogP contribution < -0.4 is 0 Å². The molecule has 0 aromatic carbocycles. The average molecular weight is 223 g/mol. The van der Waals surface area contributed by atoms with Gasteiger partial charge in [0.1, 0.15) is 0 Å². The number of piperidine rings is 1. The fraction of sp³-hybridized carbons (Fsp3) is 1.00. The van der Waals surface area contributed by atoms with Gasteiger partial charge in [-0.15, -0.1) is 0 Å². The Kier molecular flexibility index (Phi) is 3.36. The van der Waals surface area contributed by atoms with Gasteiger partial charge in [-0.3, -0.25) is 4.90 Å². The first-order chi connectivity index (χ1) is 7.42. The second-order valence-electron chi connectivity index (χ2n) is 7.29. The molecular weight excluding hydrogens is 194 g/mol. The van der Waals surface area contributed by atoms with Crippen LogP contribution in [0, 0.1) is 11.3 Å². The molecule has 1 aliphatic carbocycles. The van der Waals surface area contributed by atoms with E-state index in [9.17, 15) is 0 Å². The van der Waals surface area contributed by atoms with E-state index in [1.165, 1.54) is 51.6 Å². The Morgan fingerprint density at radius 2 is 1.50 bits per heavy atom. The van der Waals surface area contributed by atoms with Gasteiger partial charge >= 0.3 is 0 Å². The van der Waals surface area contributed by atoms with Crippen LogP contribution in [0.2, 0.25) is 0 Å². The van der Waals surface area contributed by atoms with Crippen LogP contribution >= 0.6 is 0 Å². The third kappa shape index (κ3) is 2.45. The normalized spacial score (nSPS) is 28.5. The van der Waals surface area contributed by atoms with E-state index in [4.69, 9.17) is 0 Å². The molecule has 0 bridgehead atoms. The Bertz CT molecular complexity index is 224. The van der Waals surface area contributed by atoms with E-state index in [2.05, 4.69) is 32.6 Å². The van der Waals surface area contributed by atoms with Crippen LogP contribution in [0.1, 0.15) is 66.2 Å². The van der Waals surface area contributed by atoms with Crippen molar-refractivity contribution in [2.24, 2.45) is 11.3 Å². The summed E-state index contributed by atoms with van der Waals surface area (Å²) in [6.07, 6.45) is 8.83. The maximum Gasteiger partial charge on any atom is 0.0125 e. The van der Waals surface area contributed by atoms with Crippen LogP contribution in [0.15, 0.2) is 0 Å². The van der Waals surface area contributed by atoms with Gasteiger partial charge in [-0.2, -0.15) is 0 Å². The van der Waals surface area contributed by atoms with Gasteiger partial charge in [0.15, 0.2) is 0 Å². The molecule has 1 heterocycles. The minimum atomic E-state index is 0.377. The standard InChI is InChI=1S/C15H29N/c1-14(2,3)16-11-7-13(8-12-16)15(4)9-5-6-10-15/h13H,5-12H2,1-4H3. The fourth-order valence-electron chi connectivity index (χ4n) is 3.84. The maximum atomic E-state index is 2.67. The van der Waals surface area contributed by atoms with E-state index in [1.807, 2.05) is 0 Å². The van der Waals surface area contributed by atoms with Crippen molar-refractivity contribution in [2.45, 2.75) is 71.8 Å². The summed E-state index contributed by atoms with van der Waals surface area (Å²) in [5.74, 6) is 1.01. The Balaban J connectivity index is 1.90. The lowest BCUT2D eigenvalue weighted by Crippen LogP contribution is -2.48. The summed E-state index contributed by atoms with van der Waals surface area (Å²) in [4.78, 5) is 2.67. The van der Waals surface area contributed by atoms with Crippen LogP contribution in [0.5, 0.6) is 0 Å². The topological polar surface area (TPSA) is 3.24 Å². The molecule has 16 heavy (non-hydrogen) atoms. The Morgan fingerprint density at radius 3 is 1.94 bits per heavy atom. The van der Waals surface area contributed by atoms with E-state index in [1.54, 1.807) is 0 Å². The molecular formula is C15H29N. The van der Waals surface area contributed by atoms with Crippen molar-refractivity contribution in [3.05, 3.63) is 0 Å². The first-order valence-corrected chi connectivity index (χ1v) is 7.17. The first kappa shape index (κ1) is 12.4. The van der Waals surface area contributed by atoms with Crippen molar-refractivity contribution in [3.8, 4) is 0 Å². The van der Waals surface area contributed by atoms with Crippen LogP contribution in [0.3, 0.4) is 0 Å². The van der Waals surface area contributed by atoms with Crippen LogP contribution in [0.25, 0.3) is 0 Å². The Morgan fingerprint density at radius 1 is 1.00 bits per heavy atom. The number of likely N-dealkylation sites (tertiary alicyclic amines) is 1. The SMILES string of the molecule is CC1(C2CCN(C(C)(C)C)CC2)CCCC1. The molecule has 1 saturated carbocycles. The van der Waals surface area contributed by atoms with Crippen molar-refractivity contribution in [1.29, 1.82) is 0 Å². The zero-order valence-corrected chi connectivity index (χ0v) is 11.7. The lowest BCUT2D eigenvalue weighted by Gasteiger charge is -2.45. The van der Waals surface area contributed by atoms with E-state index in [0.717, 1.165) is 5.92 Å². The molecule has 0 atom stereocenters. The van der Waals surface area contributed by atoms with E-state index < -0.39 is 0 Å². The second kappa shape index (κ2) is 4.33. The lowest BCUT2D eigenvalue weighted by atomic mass is 9.71. The number of nitrogens with zero attached hydrogens (tertiary/aromatic N) is 1. The Hall–Kier alpha value is -0.0400. The van der Waals surface area contributed by atoms with Gasteiger partial charge in [-0.1, -0.05) is 19.8 Å². The van der Waals surface area contributed by atoms with Crippen molar-refractivity contribution in [2.75, 3.05) is 13.1 Å². The number of hydrogen-bond donors (Lipinski definition) is 0. The third-order valence-electron chi connectivity index (χ3n) is 5.18. The van der Waals surface area contributed by atoms with Gasteiger partial charge < -0.3 is 0 Å².